The molecule has 0 amide bonds. The van der Waals surface area contributed by atoms with Crippen LogP contribution >= 0.6 is 0 Å². The van der Waals surface area contributed by atoms with Crippen LogP contribution in [0.3, 0.4) is 0 Å². The Balaban J connectivity index is 1.41. The first kappa shape index (κ1) is 20.3. The molecule has 5 nitrogen and oxygen atoms in total. The largest absolute Gasteiger partial charge is 0.462 e. The molecule has 164 valence electrons. The van der Waals surface area contributed by atoms with E-state index in [-0.39, 0.29) is 11.5 Å². The van der Waals surface area contributed by atoms with Crippen LogP contribution in [0.25, 0.3) is 0 Å². The van der Waals surface area contributed by atoms with E-state index in [9.17, 15) is 4.79 Å². The average molecular weight is 420 g/mol. The fraction of sp³-hybridized carbons (Fsp3) is 0.538. The van der Waals surface area contributed by atoms with Crippen molar-refractivity contribution in [3.63, 3.8) is 0 Å². The molecule has 4 bridgehead atoms. The summed E-state index contributed by atoms with van der Waals surface area (Å²) in [6.45, 7) is 4.91. The molecule has 0 atom stereocenters. The lowest BCUT2D eigenvalue weighted by molar-refractivity contribution is 0.0107. The van der Waals surface area contributed by atoms with Crippen LogP contribution in [0, 0.1) is 24.7 Å². The summed E-state index contributed by atoms with van der Waals surface area (Å²) in [5.41, 5.74) is 5.05. The molecule has 4 saturated carbocycles. The summed E-state index contributed by atoms with van der Waals surface area (Å²) in [6, 6.07) is 10.0. The SMILES string of the molecule is CCOC(=O)c1ccc(NC23CC4CC(CC(C4)C2)C3)c(NCc2ccnc(C)c2)c1. The average Bonchev–Trinajstić information content (AvgIpc) is 2.72. The number of benzene rings is 1. The normalized spacial score (nSPS) is 28.4. The fourth-order valence-corrected chi connectivity index (χ4v) is 6.60. The number of nitrogens with one attached hydrogen (secondary N) is 2. The van der Waals surface area contributed by atoms with Gasteiger partial charge in [0.05, 0.1) is 23.5 Å². The number of aryl methyl sites for hydroxylation is 1. The van der Waals surface area contributed by atoms with E-state index in [1.807, 2.05) is 38.2 Å². The van der Waals surface area contributed by atoms with Crippen molar-refractivity contribution in [2.45, 2.75) is 64.5 Å². The Hall–Kier alpha value is -2.56. The van der Waals surface area contributed by atoms with E-state index < -0.39 is 0 Å². The van der Waals surface area contributed by atoms with Crippen molar-refractivity contribution in [1.82, 2.24) is 4.98 Å². The molecule has 31 heavy (non-hydrogen) atoms. The maximum absolute atomic E-state index is 12.4. The molecular formula is C26H33N3O2. The zero-order valence-corrected chi connectivity index (χ0v) is 18.6. The molecule has 1 aromatic carbocycles. The topological polar surface area (TPSA) is 63.2 Å². The fourth-order valence-electron chi connectivity index (χ4n) is 6.60. The number of rotatable bonds is 7. The van der Waals surface area contributed by atoms with Crippen LogP contribution in [0.1, 0.15) is 67.1 Å². The number of nitrogens with zero attached hydrogens (tertiary/aromatic N) is 1. The van der Waals surface area contributed by atoms with Gasteiger partial charge in [-0.15, -0.1) is 0 Å². The van der Waals surface area contributed by atoms with Gasteiger partial charge in [-0.3, -0.25) is 4.98 Å². The van der Waals surface area contributed by atoms with Crippen LogP contribution in [0.5, 0.6) is 0 Å². The Morgan fingerprint density at radius 3 is 2.42 bits per heavy atom. The monoisotopic (exact) mass is 419 g/mol. The van der Waals surface area contributed by atoms with Crippen molar-refractivity contribution in [2.75, 3.05) is 17.2 Å². The third-order valence-electron chi connectivity index (χ3n) is 7.41. The van der Waals surface area contributed by atoms with Gasteiger partial charge in [0.25, 0.3) is 0 Å². The summed E-state index contributed by atoms with van der Waals surface area (Å²) in [4.78, 5) is 16.6. The highest BCUT2D eigenvalue weighted by Gasteiger charge is 2.51. The molecule has 5 heteroatoms. The molecular weight excluding hydrogens is 386 g/mol. The third-order valence-corrected chi connectivity index (χ3v) is 7.41. The molecule has 4 aliphatic rings. The van der Waals surface area contributed by atoms with Crippen molar-refractivity contribution < 1.29 is 9.53 Å². The minimum Gasteiger partial charge on any atom is -0.462 e. The third kappa shape index (κ3) is 4.28. The molecule has 2 N–H and O–H groups in total. The van der Waals surface area contributed by atoms with E-state index in [1.165, 1.54) is 44.1 Å². The first-order valence-corrected chi connectivity index (χ1v) is 11.8. The Morgan fingerprint density at radius 2 is 1.77 bits per heavy atom. The second kappa shape index (κ2) is 8.18. The Bertz CT molecular complexity index is 936. The first-order chi connectivity index (χ1) is 15.0. The van der Waals surface area contributed by atoms with Crippen LogP contribution < -0.4 is 10.6 Å². The first-order valence-electron chi connectivity index (χ1n) is 11.8. The van der Waals surface area contributed by atoms with Crippen LogP contribution in [0.4, 0.5) is 11.4 Å². The number of ether oxygens (including phenoxy) is 1. The van der Waals surface area contributed by atoms with Crippen LogP contribution in [0.15, 0.2) is 36.5 Å². The minimum atomic E-state index is -0.272. The number of anilines is 2. The van der Waals surface area contributed by atoms with Crippen molar-refractivity contribution in [1.29, 1.82) is 0 Å². The number of aromatic nitrogens is 1. The second-order valence-corrected chi connectivity index (χ2v) is 9.96. The zero-order valence-electron chi connectivity index (χ0n) is 18.6. The van der Waals surface area contributed by atoms with Gasteiger partial charge in [0.2, 0.25) is 0 Å². The van der Waals surface area contributed by atoms with Crippen molar-refractivity contribution in [2.24, 2.45) is 17.8 Å². The van der Waals surface area contributed by atoms with Gasteiger partial charge in [-0.05, 0) is 106 Å². The predicted molar refractivity (Wildman–Crippen MR) is 123 cm³/mol. The predicted octanol–water partition coefficient (Wildman–Crippen LogP) is 5.56. The number of pyridine rings is 1. The van der Waals surface area contributed by atoms with E-state index >= 15 is 0 Å². The van der Waals surface area contributed by atoms with E-state index in [0.717, 1.165) is 34.8 Å². The molecule has 0 unspecified atom stereocenters. The van der Waals surface area contributed by atoms with Gasteiger partial charge in [0.15, 0.2) is 0 Å². The lowest BCUT2D eigenvalue weighted by Crippen LogP contribution is -2.54. The number of carbonyl (C=O) groups excluding carboxylic acids is 1. The quantitative estimate of drug-likeness (QED) is 0.575. The second-order valence-electron chi connectivity index (χ2n) is 9.96. The Morgan fingerprint density at radius 1 is 1.06 bits per heavy atom. The molecule has 4 fully saturated rings. The van der Waals surface area contributed by atoms with E-state index in [1.54, 1.807) is 0 Å². The van der Waals surface area contributed by atoms with E-state index in [2.05, 4.69) is 27.8 Å². The van der Waals surface area contributed by atoms with Crippen molar-refractivity contribution in [3.8, 4) is 0 Å². The molecule has 0 radical (unpaired) electrons. The highest BCUT2D eigenvalue weighted by atomic mass is 16.5. The van der Waals surface area contributed by atoms with E-state index in [4.69, 9.17) is 4.74 Å². The minimum absolute atomic E-state index is 0.212. The standard InChI is InChI=1S/C26H33N3O2/c1-3-31-25(30)22-4-5-23(24(12-22)28-16-18-6-7-27-17(2)8-18)29-26-13-19-9-20(14-26)11-21(10-19)15-26/h4-8,12,19-21,28-29H,3,9-11,13-16H2,1-2H3. The number of esters is 1. The summed E-state index contributed by atoms with van der Waals surface area (Å²) in [7, 11) is 0. The molecule has 2 aromatic rings. The van der Waals surface area contributed by atoms with Crippen molar-refractivity contribution >= 4 is 17.3 Å². The summed E-state index contributed by atoms with van der Waals surface area (Å²) < 4.78 is 5.24. The highest BCUT2D eigenvalue weighted by molar-refractivity contribution is 5.92. The Labute approximate surface area is 185 Å². The van der Waals surface area contributed by atoms with Gasteiger partial charge in [-0.2, -0.15) is 0 Å². The Kier molecular flexibility index (Phi) is 5.37. The maximum atomic E-state index is 12.4. The molecule has 6 rings (SSSR count). The van der Waals surface area contributed by atoms with Crippen LogP contribution in [-0.4, -0.2) is 23.1 Å². The summed E-state index contributed by atoms with van der Waals surface area (Å²) in [5, 5.41) is 7.55. The number of hydrogen-bond acceptors (Lipinski definition) is 5. The summed E-state index contributed by atoms with van der Waals surface area (Å²) in [6.07, 6.45) is 9.96. The van der Waals surface area contributed by atoms with E-state index in [0.29, 0.717) is 18.7 Å². The lowest BCUT2D eigenvalue weighted by Gasteiger charge is -2.57. The number of carbonyl (C=O) groups is 1. The highest BCUT2D eigenvalue weighted by Crippen LogP contribution is 2.56. The van der Waals surface area contributed by atoms with Gasteiger partial charge < -0.3 is 15.4 Å². The van der Waals surface area contributed by atoms with Gasteiger partial charge >= 0.3 is 5.97 Å². The number of hydrogen-bond donors (Lipinski definition) is 2. The van der Waals surface area contributed by atoms with Gasteiger partial charge in [-0.1, -0.05) is 0 Å². The summed E-state index contributed by atoms with van der Waals surface area (Å²) in [5.74, 6) is 2.38. The molecule has 1 heterocycles. The van der Waals surface area contributed by atoms with Gasteiger partial charge in [0, 0.05) is 24.0 Å². The zero-order chi connectivity index (χ0) is 21.4. The lowest BCUT2D eigenvalue weighted by atomic mass is 9.53. The molecule has 0 spiro atoms. The van der Waals surface area contributed by atoms with Gasteiger partial charge in [-0.25, -0.2) is 4.79 Å². The molecule has 0 aliphatic heterocycles. The summed E-state index contributed by atoms with van der Waals surface area (Å²) >= 11 is 0. The molecule has 0 saturated heterocycles. The van der Waals surface area contributed by atoms with Gasteiger partial charge in [0.1, 0.15) is 0 Å². The van der Waals surface area contributed by atoms with Crippen LogP contribution in [0.2, 0.25) is 0 Å². The molecule has 4 aliphatic carbocycles. The van der Waals surface area contributed by atoms with Crippen LogP contribution in [-0.2, 0) is 11.3 Å². The smallest absolute Gasteiger partial charge is 0.338 e. The molecule has 1 aromatic heterocycles. The van der Waals surface area contributed by atoms with Crippen molar-refractivity contribution in [3.05, 3.63) is 53.3 Å². The maximum Gasteiger partial charge on any atom is 0.338 e.